The summed E-state index contributed by atoms with van der Waals surface area (Å²) in [5, 5.41) is 1.74. The molecule has 0 aliphatic heterocycles. The second-order valence-corrected chi connectivity index (χ2v) is 35.3. The Balaban J connectivity index is 2.04. The van der Waals surface area contributed by atoms with Crippen LogP contribution in [0.1, 0.15) is 0 Å². The summed E-state index contributed by atoms with van der Waals surface area (Å²) in [4.78, 5) is 8.44. The Morgan fingerprint density at radius 1 is 0.824 bits per heavy atom. The van der Waals surface area contributed by atoms with Gasteiger partial charge in [0.1, 0.15) is 0 Å². The van der Waals surface area contributed by atoms with Gasteiger partial charge in [-0.15, -0.1) is 0 Å². The van der Waals surface area contributed by atoms with Crippen molar-refractivity contribution in [1.29, 1.82) is 0 Å². The van der Waals surface area contributed by atoms with E-state index in [-0.39, 0.29) is 0 Å². The molecule has 2 rings (SSSR count). The molecule has 0 unspecified atom stereocenters. The van der Waals surface area contributed by atoms with E-state index in [9.17, 15) is 0 Å². The molecule has 0 N–H and O–H groups in total. The molecule has 0 saturated heterocycles. The average Bonchev–Trinajstić information content (AvgIpc) is 2.30. The molecule has 0 atom stereocenters. The van der Waals surface area contributed by atoms with Gasteiger partial charge < -0.3 is 0 Å². The fourth-order valence-electron chi connectivity index (χ4n) is 1.08. The van der Waals surface area contributed by atoms with Crippen LogP contribution in [0.2, 0.25) is 0 Å². The molecule has 2 aromatic rings. The third-order valence-corrected chi connectivity index (χ3v) is 20.3. The number of halogens is 2. The van der Waals surface area contributed by atoms with Gasteiger partial charge in [0.25, 0.3) is 0 Å². The van der Waals surface area contributed by atoms with E-state index in [0.717, 1.165) is 10.1 Å². The van der Waals surface area contributed by atoms with Crippen LogP contribution in [0.3, 0.4) is 0 Å². The van der Waals surface area contributed by atoms with E-state index in [0.29, 0.717) is 0 Å². The first-order chi connectivity index (χ1) is 8.16. The average molecular weight is 410 g/mol. The summed E-state index contributed by atoms with van der Waals surface area (Å²) in [6, 6.07) is 11.4. The zero-order valence-corrected chi connectivity index (χ0v) is 14.6. The molecule has 0 bridgehead atoms. The van der Waals surface area contributed by atoms with Gasteiger partial charge in [-0.05, 0) is 0 Å². The van der Waals surface area contributed by atoms with E-state index in [2.05, 4.69) is 9.97 Å². The molecule has 0 aliphatic rings. The van der Waals surface area contributed by atoms with E-state index in [1.165, 1.54) is 17.9 Å². The van der Waals surface area contributed by atoms with Crippen LogP contribution >= 0.6 is 35.7 Å². The van der Waals surface area contributed by atoms with Crippen molar-refractivity contribution < 1.29 is 0 Å². The SMILES string of the molecule is [Cl][Sn]([Cl])([S]c1ccccn1)[S]c1ccccn1. The van der Waals surface area contributed by atoms with Crippen LogP contribution < -0.4 is 0 Å². The predicted octanol–water partition coefficient (Wildman–Crippen LogP) is 4.27. The van der Waals surface area contributed by atoms with Crippen molar-refractivity contribution in [3.05, 3.63) is 48.8 Å². The normalized spacial score (nSPS) is 11.4. The van der Waals surface area contributed by atoms with Crippen molar-refractivity contribution in [2.45, 2.75) is 10.1 Å². The monoisotopic (exact) mass is 410 g/mol. The minimum absolute atomic E-state index is 0.872. The Morgan fingerprint density at radius 3 is 1.65 bits per heavy atom. The number of aromatic nitrogens is 2. The second kappa shape index (κ2) is 6.52. The van der Waals surface area contributed by atoms with Crippen molar-refractivity contribution in [2.24, 2.45) is 0 Å². The van der Waals surface area contributed by atoms with Crippen LogP contribution in [0.4, 0.5) is 0 Å². The minimum atomic E-state index is -3.30. The quantitative estimate of drug-likeness (QED) is 0.704. The molecular formula is C10H8Cl2N2S2Sn. The van der Waals surface area contributed by atoms with Crippen LogP contribution in [-0.2, 0) is 0 Å². The first-order valence-corrected chi connectivity index (χ1v) is 20.6. The molecule has 88 valence electrons. The zero-order chi connectivity index (χ0) is 12.1. The van der Waals surface area contributed by atoms with E-state index in [1.54, 1.807) is 12.4 Å². The molecule has 0 radical (unpaired) electrons. The molecule has 0 spiro atoms. The van der Waals surface area contributed by atoms with E-state index >= 15 is 0 Å². The Labute approximate surface area is 117 Å². The molecule has 0 saturated carbocycles. The Bertz CT molecular complexity index is 427. The van der Waals surface area contributed by atoms with Crippen molar-refractivity contribution in [3.63, 3.8) is 0 Å². The first-order valence-electron chi connectivity index (χ1n) is 4.74. The molecule has 0 amide bonds. The van der Waals surface area contributed by atoms with Crippen molar-refractivity contribution in [2.75, 3.05) is 0 Å². The van der Waals surface area contributed by atoms with Crippen LogP contribution in [0.5, 0.6) is 0 Å². The predicted molar refractivity (Wildman–Crippen MR) is 77.6 cm³/mol. The standard InChI is InChI=1S/2C5H5NS.2ClH.Sn/c2*7-5-3-1-2-4-6-5;;;/h2*1-4H,(H,6,7);2*1H;/q;;;;+4/p-4. The van der Waals surface area contributed by atoms with Gasteiger partial charge >= 0.3 is 118 Å². The summed E-state index contributed by atoms with van der Waals surface area (Å²) in [7, 11) is 15.8. The zero-order valence-electron chi connectivity index (χ0n) is 8.59. The van der Waals surface area contributed by atoms with Gasteiger partial charge in [0.15, 0.2) is 0 Å². The van der Waals surface area contributed by atoms with Crippen LogP contribution in [0.15, 0.2) is 58.8 Å². The van der Waals surface area contributed by atoms with E-state index < -0.39 is 13.4 Å². The van der Waals surface area contributed by atoms with Gasteiger partial charge in [0.05, 0.1) is 0 Å². The van der Waals surface area contributed by atoms with Gasteiger partial charge in [-0.25, -0.2) is 0 Å². The summed E-state index contributed by atoms with van der Waals surface area (Å²) < 4.78 is 0. The molecule has 0 aliphatic carbocycles. The summed E-state index contributed by atoms with van der Waals surface area (Å²) in [6.07, 6.45) is 3.48. The summed E-state index contributed by atoms with van der Waals surface area (Å²) in [6.45, 7) is 0. The van der Waals surface area contributed by atoms with Crippen molar-refractivity contribution in [3.8, 4) is 0 Å². The molecule has 0 aromatic carbocycles. The van der Waals surface area contributed by atoms with Gasteiger partial charge in [0.2, 0.25) is 0 Å². The summed E-state index contributed by atoms with van der Waals surface area (Å²) in [5.74, 6) is 0. The van der Waals surface area contributed by atoms with Crippen molar-refractivity contribution in [1.82, 2.24) is 9.97 Å². The summed E-state index contributed by atoms with van der Waals surface area (Å²) >= 11 is -3.30. The third kappa shape index (κ3) is 4.87. The second-order valence-electron chi connectivity index (χ2n) is 3.00. The Hall–Kier alpha value is 0.379. The van der Waals surface area contributed by atoms with Gasteiger partial charge in [0, 0.05) is 0 Å². The number of hydrogen-bond donors (Lipinski definition) is 0. The van der Waals surface area contributed by atoms with Crippen molar-refractivity contribution >= 4 is 49.1 Å². The summed E-state index contributed by atoms with van der Waals surface area (Å²) in [5.41, 5.74) is 0. The van der Waals surface area contributed by atoms with Crippen LogP contribution in [0, 0.1) is 0 Å². The fraction of sp³-hybridized carbons (Fsp3) is 0. The molecule has 2 nitrogen and oxygen atoms in total. The third-order valence-electron chi connectivity index (χ3n) is 1.72. The van der Waals surface area contributed by atoms with E-state index in [4.69, 9.17) is 17.8 Å². The number of rotatable bonds is 4. The fourth-order valence-corrected chi connectivity index (χ4v) is 19.4. The molecule has 17 heavy (non-hydrogen) atoms. The van der Waals surface area contributed by atoms with Crippen LogP contribution in [-0.4, -0.2) is 23.3 Å². The molecule has 2 aromatic heterocycles. The molecule has 2 heterocycles. The van der Waals surface area contributed by atoms with E-state index in [1.807, 2.05) is 36.4 Å². The Kier molecular flexibility index (Phi) is 5.29. The molecular weight excluding hydrogens is 402 g/mol. The maximum atomic E-state index is 6.43. The number of nitrogens with zero attached hydrogens (tertiary/aromatic N) is 2. The molecule has 0 fully saturated rings. The first kappa shape index (κ1) is 13.8. The van der Waals surface area contributed by atoms with Gasteiger partial charge in [-0.3, -0.25) is 0 Å². The molecule has 7 heteroatoms. The van der Waals surface area contributed by atoms with Gasteiger partial charge in [-0.1, -0.05) is 0 Å². The Morgan fingerprint density at radius 2 is 1.29 bits per heavy atom. The van der Waals surface area contributed by atoms with Gasteiger partial charge in [-0.2, -0.15) is 0 Å². The maximum absolute atomic E-state index is 6.43. The van der Waals surface area contributed by atoms with Crippen LogP contribution in [0.25, 0.3) is 0 Å². The topological polar surface area (TPSA) is 25.8 Å². The number of hydrogen-bond acceptors (Lipinski definition) is 4. The number of pyridine rings is 2.